The molecular formula is C8H17N3O2. The molecule has 4 N–H and O–H groups in total. The Bertz CT molecular complexity index is 198. The van der Waals surface area contributed by atoms with Crippen LogP contribution >= 0.6 is 0 Å². The van der Waals surface area contributed by atoms with Gasteiger partial charge in [0.05, 0.1) is 12.1 Å². The summed E-state index contributed by atoms with van der Waals surface area (Å²) in [6.45, 7) is 3.61. The van der Waals surface area contributed by atoms with Gasteiger partial charge in [-0.15, -0.1) is 0 Å². The molecule has 5 nitrogen and oxygen atoms in total. The Balaban J connectivity index is 2.45. The molecule has 1 aliphatic rings. The van der Waals surface area contributed by atoms with Crippen LogP contribution in [-0.4, -0.2) is 47.8 Å². The molecule has 0 bridgehead atoms. The van der Waals surface area contributed by atoms with Gasteiger partial charge in [-0.05, 0) is 13.3 Å². The van der Waals surface area contributed by atoms with E-state index in [1.165, 1.54) is 0 Å². The molecule has 1 aliphatic heterocycles. The minimum absolute atomic E-state index is 0.119. The Morgan fingerprint density at radius 1 is 1.77 bits per heavy atom. The zero-order valence-electron chi connectivity index (χ0n) is 7.92. The second-order valence-corrected chi connectivity index (χ2v) is 3.44. The monoisotopic (exact) mass is 187 g/mol. The zero-order valence-corrected chi connectivity index (χ0v) is 7.92. The maximum Gasteiger partial charge on any atom is 0.317 e. The first-order valence-corrected chi connectivity index (χ1v) is 4.56. The number of carbonyl (C=O) groups is 1. The van der Waals surface area contributed by atoms with Crippen molar-refractivity contribution in [1.29, 1.82) is 0 Å². The molecule has 1 saturated heterocycles. The first-order valence-electron chi connectivity index (χ1n) is 4.56. The highest BCUT2D eigenvalue weighted by atomic mass is 16.3. The molecule has 0 aromatic rings. The van der Waals surface area contributed by atoms with Crippen LogP contribution in [0.3, 0.4) is 0 Å². The van der Waals surface area contributed by atoms with Crippen LogP contribution in [0.15, 0.2) is 0 Å². The maximum absolute atomic E-state index is 11.3. The van der Waals surface area contributed by atoms with Gasteiger partial charge in [0, 0.05) is 19.6 Å². The highest BCUT2D eigenvalue weighted by Crippen LogP contribution is 2.19. The third-order valence-corrected chi connectivity index (χ3v) is 2.33. The highest BCUT2D eigenvalue weighted by molar-refractivity contribution is 5.74. The molecule has 1 unspecified atom stereocenters. The van der Waals surface area contributed by atoms with Crippen molar-refractivity contribution in [2.45, 2.75) is 18.9 Å². The van der Waals surface area contributed by atoms with Gasteiger partial charge in [-0.1, -0.05) is 0 Å². The number of β-amino-alcohol motifs (C(OH)–C–C–N with tert-alkyl or cyclic N) is 1. The number of hydrogen-bond acceptors (Lipinski definition) is 3. The molecule has 0 spiro atoms. The Morgan fingerprint density at radius 3 is 2.92 bits per heavy atom. The van der Waals surface area contributed by atoms with Gasteiger partial charge in [0.2, 0.25) is 0 Å². The fourth-order valence-corrected chi connectivity index (χ4v) is 1.46. The number of rotatable bonds is 2. The lowest BCUT2D eigenvalue weighted by atomic mass is 10.0. The van der Waals surface area contributed by atoms with E-state index in [-0.39, 0.29) is 12.6 Å². The summed E-state index contributed by atoms with van der Waals surface area (Å²) in [4.78, 5) is 12.9. The van der Waals surface area contributed by atoms with Crippen molar-refractivity contribution in [2.24, 2.45) is 5.73 Å². The lowest BCUT2D eigenvalue weighted by Crippen LogP contribution is -2.44. The molecule has 0 aromatic carbocycles. The molecule has 2 amide bonds. The summed E-state index contributed by atoms with van der Waals surface area (Å²) >= 11 is 0. The average Bonchev–Trinajstić information content (AvgIpc) is 2.50. The van der Waals surface area contributed by atoms with E-state index < -0.39 is 5.60 Å². The SMILES string of the molecule is CCNC(=O)N1CCC(O)(CN)C1. The van der Waals surface area contributed by atoms with Crippen LogP contribution in [0.5, 0.6) is 0 Å². The predicted molar refractivity (Wildman–Crippen MR) is 49.3 cm³/mol. The number of carbonyl (C=O) groups excluding carboxylic acids is 1. The number of urea groups is 1. The number of nitrogens with zero attached hydrogens (tertiary/aromatic N) is 1. The summed E-state index contributed by atoms with van der Waals surface area (Å²) in [5.41, 5.74) is 4.53. The highest BCUT2D eigenvalue weighted by Gasteiger charge is 2.36. The fourth-order valence-electron chi connectivity index (χ4n) is 1.46. The number of nitrogens with two attached hydrogens (primary N) is 1. The van der Waals surface area contributed by atoms with Crippen molar-refractivity contribution < 1.29 is 9.90 Å². The Morgan fingerprint density at radius 2 is 2.46 bits per heavy atom. The molecule has 0 aromatic heterocycles. The van der Waals surface area contributed by atoms with Gasteiger partial charge in [-0.25, -0.2) is 4.79 Å². The second kappa shape index (κ2) is 3.93. The van der Waals surface area contributed by atoms with Gasteiger partial charge in [0.1, 0.15) is 0 Å². The molecule has 13 heavy (non-hydrogen) atoms. The van der Waals surface area contributed by atoms with Gasteiger partial charge in [0.15, 0.2) is 0 Å². The predicted octanol–water partition coefficient (Wildman–Crippen LogP) is -0.889. The van der Waals surface area contributed by atoms with E-state index in [9.17, 15) is 9.90 Å². The molecule has 76 valence electrons. The number of amides is 2. The van der Waals surface area contributed by atoms with Crippen molar-refractivity contribution in [1.82, 2.24) is 10.2 Å². The Hall–Kier alpha value is -0.810. The molecule has 5 heteroatoms. The molecular weight excluding hydrogens is 170 g/mol. The number of hydrogen-bond donors (Lipinski definition) is 3. The van der Waals surface area contributed by atoms with Crippen LogP contribution in [0, 0.1) is 0 Å². The smallest absolute Gasteiger partial charge is 0.317 e. The second-order valence-electron chi connectivity index (χ2n) is 3.44. The van der Waals surface area contributed by atoms with Crippen molar-refractivity contribution in [3.63, 3.8) is 0 Å². The largest absolute Gasteiger partial charge is 0.387 e. The third kappa shape index (κ3) is 2.32. The van der Waals surface area contributed by atoms with E-state index in [0.29, 0.717) is 26.1 Å². The van der Waals surface area contributed by atoms with Crippen LogP contribution in [0.1, 0.15) is 13.3 Å². The molecule has 1 fully saturated rings. The van der Waals surface area contributed by atoms with Crippen molar-refractivity contribution >= 4 is 6.03 Å². The van der Waals surface area contributed by atoms with Gasteiger partial charge >= 0.3 is 6.03 Å². The summed E-state index contributed by atoms with van der Waals surface area (Å²) in [6.07, 6.45) is 0.570. The van der Waals surface area contributed by atoms with Crippen molar-refractivity contribution in [2.75, 3.05) is 26.2 Å². The van der Waals surface area contributed by atoms with E-state index in [4.69, 9.17) is 5.73 Å². The third-order valence-electron chi connectivity index (χ3n) is 2.33. The van der Waals surface area contributed by atoms with Crippen LogP contribution in [-0.2, 0) is 0 Å². The first-order chi connectivity index (χ1) is 6.11. The molecule has 1 atom stereocenters. The normalized spacial score (nSPS) is 27.8. The molecule has 0 aliphatic carbocycles. The summed E-state index contributed by atoms with van der Waals surface area (Å²) in [5, 5.41) is 12.4. The topological polar surface area (TPSA) is 78.6 Å². The van der Waals surface area contributed by atoms with Crippen LogP contribution in [0.2, 0.25) is 0 Å². The standard InChI is InChI=1S/C8H17N3O2/c1-2-10-7(12)11-4-3-8(13,5-9)6-11/h13H,2-6,9H2,1H3,(H,10,12). The minimum Gasteiger partial charge on any atom is -0.387 e. The number of aliphatic hydroxyl groups is 1. The van der Waals surface area contributed by atoms with Crippen LogP contribution in [0.25, 0.3) is 0 Å². The van der Waals surface area contributed by atoms with Gasteiger partial charge in [-0.3, -0.25) is 0 Å². The summed E-state index contributed by atoms with van der Waals surface area (Å²) < 4.78 is 0. The van der Waals surface area contributed by atoms with E-state index in [1.807, 2.05) is 6.92 Å². The molecule has 0 radical (unpaired) electrons. The van der Waals surface area contributed by atoms with E-state index >= 15 is 0 Å². The van der Waals surface area contributed by atoms with Crippen LogP contribution < -0.4 is 11.1 Å². The van der Waals surface area contributed by atoms with Crippen LogP contribution in [0.4, 0.5) is 4.79 Å². The summed E-state index contributed by atoms with van der Waals surface area (Å²) in [7, 11) is 0. The fraction of sp³-hybridized carbons (Fsp3) is 0.875. The van der Waals surface area contributed by atoms with Gasteiger partial charge in [-0.2, -0.15) is 0 Å². The van der Waals surface area contributed by atoms with Gasteiger partial charge < -0.3 is 21.1 Å². The molecule has 0 saturated carbocycles. The summed E-state index contributed by atoms with van der Waals surface area (Å²) in [6, 6.07) is -0.119. The average molecular weight is 187 g/mol. The van der Waals surface area contributed by atoms with Gasteiger partial charge in [0.25, 0.3) is 0 Å². The number of likely N-dealkylation sites (tertiary alicyclic amines) is 1. The van der Waals surface area contributed by atoms with E-state index in [2.05, 4.69) is 5.32 Å². The first kappa shape index (κ1) is 10.3. The summed E-state index contributed by atoms with van der Waals surface area (Å²) in [5.74, 6) is 0. The Labute approximate surface area is 77.9 Å². The maximum atomic E-state index is 11.3. The van der Waals surface area contributed by atoms with E-state index in [1.54, 1.807) is 4.90 Å². The van der Waals surface area contributed by atoms with E-state index in [0.717, 1.165) is 0 Å². The minimum atomic E-state index is -0.870. The zero-order chi connectivity index (χ0) is 9.90. The lowest BCUT2D eigenvalue weighted by Gasteiger charge is -2.21. The number of nitrogens with one attached hydrogen (secondary N) is 1. The van der Waals surface area contributed by atoms with Crippen molar-refractivity contribution in [3.8, 4) is 0 Å². The lowest BCUT2D eigenvalue weighted by molar-refractivity contribution is 0.0613. The molecule has 1 rings (SSSR count). The quantitative estimate of drug-likeness (QED) is 0.525. The Kier molecular flexibility index (Phi) is 3.11. The van der Waals surface area contributed by atoms with Crippen molar-refractivity contribution in [3.05, 3.63) is 0 Å². The molecule has 1 heterocycles.